The maximum absolute atomic E-state index is 13.4. The van der Waals surface area contributed by atoms with Crippen molar-refractivity contribution >= 4 is 5.69 Å². The average Bonchev–Trinajstić information content (AvgIpc) is 3.06. The second-order valence-electron chi connectivity index (χ2n) is 5.21. The number of benzene rings is 1. The number of hydrogen-bond donors (Lipinski definition) is 1. The zero-order valence-electron chi connectivity index (χ0n) is 10.8. The SMILES string of the molecule is CC(CC1CC1)n1nnnc1-c1cc(F)ccc1N. The van der Waals surface area contributed by atoms with Gasteiger partial charge in [-0.05, 0) is 47.9 Å². The minimum atomic E-state index is -0.339. The maximum Gasteiger partial charge on any atom is 0.184 e. The number of nitrogen functional groups attached to an aromatic ring is 1. The highest BCUT2D eigenvalue weighted by Crippen LogP contribution is 2.37. The molecule has 19 heavy (non-hydrogen) atoms. The molecular formula is C13H16FN5. The van der Waals surface area contributed by atoms with Crippen molar-refractivity contribution in [1.82, 2.24) is 20.2 Å². The van der Waals surface area contributed by atoms with Crippen molar-refractivity contribution in [2.75, 3.05) is 5.73 Å². The summed E-state index contributed by atoms with van der Waals surface area (Å²) in [5.74, 6) is 0.968. The summed E-state index contributed by atoms with van der Waals surface area (Å²) in [6, 6.07) is 4.44. The van der Waals surface area contributed by atoms with E-state index in [1.54, 1.807) is 4.68 Å². The number of rotatable bonds is 4. The summed E-state index contributed by atoms with van der Waals surface area (Å²) in [5.41, 5.74) is 6.92. The van der Waals surface area contributed by atoms with Crippen molar-refractivity contribution in [3.8, 4) is 11.4 Å². The third kappa shape index (κ3) is 2.43. The minimum Gasteiger partial charge on any atom is -0.398 e. The Kier molecular flexibility index (Phi) is 2.93. The molecule has 5 nitrogen and oxygen atoms in total. The number of tetrazole rings is 1. The molecule has 1 unspecified atom stereocenters. The Bertz CT molecular complexity index is 590. The topological polar surface area (TPSA) is 69.6 Å². The van der Waals surface area contributed by atoms with Crippen molar-refractivity contribution < 1.29 is 4.39 Å². The standard InChI is InChI=1S/C13H16FN5/c1-8(6-9-2-3-9)19-13(16-17-18-19)11-7-10(14)4-5-12(11)15/h4-5,7-9H,2-3,6,15H2,1H3. The zero-order valence-corrected chi connectivity index (χ0v) is 10.8. The number of hydrogen-bond acceptors (Lipinski definition) is 4. The van der Waals surface area contributed by atoms with Gasteiger partial charge in [-0.3, -0.25) is 0 Å². The molecule has 1 aliphatic rings. The molecule has 1 atom stereocenters. The van der Waals surface area contributed by atoms with Crippen LogP contribution in [0.15, 0.2) is 18.2 Å². The lowest BCUT2D eigenvalue weighted by Crippen LogP contribution is -2.10. The Morgan fingerprint density at radius 2 is 2.26 bits per heavy atom. The van der Waals surface area contributed by atoms with Crippen molar-refractivity contribution in [2.45, 2.75) is 32.2 Å². The van der Waals surface area contributed by atoms with Gasteiger partial charge in [0.25, 0.3) is 0 Å². The molecule has 0 spiro atoms. The third-order valence-corrected chi connectivity index (χ3v) is 3.54. The fourth-order valence-corrected chi connectivity index (χ4v) is 2.33. The van der Waals surface area contributed by atoms with Crippen molar-refractivity contribution in [3.63, 3.8) is 0 Å². The highest BCUT2D eigenvalue weighted by atomic mass is 19.1. The first-order valence-corrected chi connectivity index (χ1v) is 6.48. The molecule has 1 aromatic heterocycles. The molecular weight excluding hydrogens is 245 g/mol. The summed E-state index contributed by atoms with van der Waals surface area (Å²) >= 11 is 0. The van der Waals surface area contributed by atoms with Gasteiger partial charge < -0.3 is 5.73 Å². The van der Waals surface area contributed by atoms with Gasteiger partial charge in [0.1, 0.15) is 5.82 Å². The molecule has 100 valence electrons. The van der Waals surface area contributed by atoms with Crippen molar-refractivity contribution in [1.29, 1.82) is 0 Å². The lowest BCUT2D eigenvalue weighted by molar-refractivity contribution is 0.430. The van der Waals surface area contributed by atoms with Gasteiger partial charge in [-0.1, -0.05) is 12.8 Å². The fraction of sp³-hybridized carbons (Fsp3) is 0.462. The van der Waals surface area contributed by atoms with Gasteiger partial charge in [0, 0.05) is 11.3 Å². The van der Waals surface area contributed by atoms with Crippen LogP contribution in [0.3, 0.4) is 0 Å². The van der Waals surface area contributed by atoms with Crippen LogP contribution in [-0.4, -0.2) is 20.2 Å². The van der Waals surface area contributed by atoms with E-state index in [1.807, 2.05) is 0 Å². The molecule has 1 heterocycles. The third-order valence-electron chi connectivity index (χ3n) is 3.54. The smallest absolute Gasteiger partial charge is 0.184 e. The van der Waals surface area contributed by atoms with Gasteiger partial charge in [-0.15, -0.1) is 5.10 Å². The van der Waals surface area contributed by atoms with Crippen LogP contribution in [0.4, 0.5) is 10.1 Å². The number of aromatic nitrogens is 4. The van der Waals surface area contributed by atoms with E-state index in [0.29, 0.717) is 17.1 Å². The fourth-order valence-electron chi connectivity index (χ4n) is 2.33. The Morgan fingerprint density at radius 3 is 3.00 bits per heavy atom. The molecule has 2 N–H and O–H groups in total. The van der Waals surface area contributed by atoms with Crippen LogP contribution in [0.2, 0.25) is 0 Å². The minimum absolute atomic E-state index is 0.195. The zero-order chi connectivity index (χ0) is 13.4. The molecule has 0 bridgehead atoms. The van der Waals surface area contributed by atoms with E-state index >= 15 is 0 Å². The predicted octanol–water partition coefficient (Wildman–Crippen LogP) is 2.42. The van der Waals surface area contributed by atoms with Crippen LogP contribution in [0.5, 0.6) is 0 Å². The molecule has 1 saturated carbocycles. The summed E-state index contributed by atoms with van der Waals surface area (Å²) in [7, 11) is 0. The van der Waals surface area contributed by atoms with Gasteiger partial charge in [-0.2, -0.15) is 0 Å². The first-order valence-electron chi connectivity index (χ1n) is 6.48. The molecule has 0 radical (unpaired) electrons. The van der Waals surface area contributed by atoms with Gasteiger partial charge in [0.15, 0.2) is 5.82 Å². The van der Waals surface area contributed by atoms with E-state index in [-0.39, 0.29) is 11.9 Å². The normalized spacial score (nSPS) is 16.5. The molecule has 1 aliphatic carbocycles. The summed E-state index contributed by atoms with van der Waals surface area (Å²) in [6.07, 6.45) is 3.61. The van der Waals surface area contributed by atoms with Crippen LogP contribution < -0.4 is 5.73 Å². The number of halogens is 1. The second-order valence-corrected chi connectivity index (χ2v) is 5.21. The highest BCUT2D eigenvalue weighted by molar-refractivity contribution is 5.71. The lowest BCUT2D eigenvalue weighted by Gasteiger charge is -2.13. The summed E-state index contributed by atoms with van der Waals surface area (Å²) in [6.45, 7) is 2.08. The van der Waals surface area contributed by atoms with Gasteiger partial charge in [0.2, 0.25) is 0 Å². The summed E-state index contributed by atoms with van der Waals surface area (Å²) in [5, 5.41) is 11.7. The number of anilines is 1. The Hall–Kier alpha value is -1.98. The molecule has 3 rings (SSSR count). The van der Waals surface area contributed by atoms with Crippen LogP contribution in [0, 0.1) is 11.7 Å². The molecule has 2 aromatic rings. The van der Waals surface area contributed by atoms with Crippen LogP contribution in [0.25, 0.3) is 11.4 Å². The molecule has 6 heteroatoms. The summed E-state index contributed by atoms with van der Waals surface area (Å²) < 4.78 is 15.1. The Balaban J connectivity index is 1.96. The van der Waals surface area contributed by atoms with E-state index < -0.39 is 0 Å². The molecule has 0 saturated heterocycles. The average molecular weight is 261 g/mol. The van der Waals surface area contributed by atoms with Crippen molar-refractivity contribution in [3.05, 3.63) is 24.0 Å². The van der Waals surface area contributed by atoms with Crippen LogP contribution in [0.1, 0.15) is 32.2 Å². The van der Waals surface area contributed by atoms with Gasteiger partial charge in [-0.25, -0.2) is 9.07 Å². The van der Waals surface area contributed by atoms with Gasteiger partial charge >= 0.3 is 0 Å². The quantitative estimate of drug-likeness (QED) is 0.858. The Morgan fingerprint density at radius 1 is 1.47 bits per heavy atom. The largest absolute Gasteiger partial charge is 0.398 e. The van der Waals surface area contributed by atoms with Crippen LogP contribution in [-0.2, 0) is 0 Å². The first-order chi connectivity index (χ1) is 9.15. The number of nitrogens with two attached hydrogens (primary N) is 1. The van der Waals surface area contributed by atoms with E-state index in [1.165, 1.54) is 31.0 Å². The Labute approximate surface area is 110 Å². The monoisotopic (exact) mass is 261 g/mol. The summed E-state index contributed by atoms with van der Waals surface area (Å²) in [4.78, 5) is 0. The van der Waals surface area contributed by atoms with Crippen LogP contribution >= 0.6 is 0 Å². The molecule has 0 aliphatic heterocycles. The van der Waals surface area contributed by atoms with E-state index in [9.17, 15) is 4.39 Å². The van der Waals surface area contributed by atoms with E-state index in [2.05, 4.69) is 22.4 Å². The first kappa shape index (κ1) is 12.1. The maximum atomic E-state index is 13.4. The molecule has 1 fully saturated rings. The van der Waals surface area contributed by atoms with E-state index in [0.717, 1.165) is 12.3 Å². The number of nitrogens with zero attached hydrogens (tertiary/aromatic N) is 4. The molecule has 0 amide bonds. The van der Waals surface area contributed by atoms with E-state index in [4.69, 9.17) is 5.73 Å². The highest BCUT2D eigenvalue weighted by Gasteiger charge is 2.26. The molecule has 1 aromatic carbocycles. The lowest BCUT2D eigenvalue weighted by atomic mass is 10.1. The van der Waals surface area contributed by atoms with Crippen molar-refractivity contribution in [2.24, 2.45) is 5.92 Å². The van der Waals surface area contributed by atoms with Gasteiger partial charge in [0.05, 0.1) is 6.04 Å². The predicted molar refractivity (Wildman–Crippen MR) is 69.7 cm³/mol. The second kappa shape index (κ2) is 4.60.